The maximum Gasteiger partial charge on any atom is 0.316 e. The maximum atomic E-state index is 5.12. The van der Waals surface area contributed by atoms with E-state index in [2.05, 4.69) is 35.8 Å². The summed E-state index contributed by atoms with van der Waals surface area (Å²) in [4.78, 5) is 22.3. The van der Waals surface area contributed by atoms with E-state index in [1.165, 1.54) is 12.8 Å². The van der Waals surface area contributed by atoms with Crippen molar-refractivity contribution >= 4 is 5.82 Å². The van der Waals surface area contributed by atoms with Gasteiger partial charge in [0.15, 0.2) is 0 Å². The third-order valence-electron chi connectivity index (χ3n) is 5.20. The zero-order valence-corrected chi connectivity index (χ0v) is 15.5. The van der Waals surface area contributed by atoms with E-state index in [1.54, 1.807) is 19.6 Å². The Labute approximate surface area is 154 Å². The molecule has 7 heteroatoms. The number of nitrogens with zero attached hydrogens (tertiary/aromatic N) is 6. The molecule has 3 heterocycles. The molecule has 0 bridgehead atoms. The standard InChI is InChI=1S/C19H26N6O/c1-14-11-18(22-13-21-14)25(16-3-4-16)17-6-9-24(10-7-17)12-15-5-8-20-19(23-15)26-2/h5,8,11,13,16-17H,3-4,6-7,9-10,12H2,1-2H3. The minimum Gasteiger partial charge on any atom is -0.467 e. The predicted octanol–water partition coefficient (Wildman–Crippen LogP) is 2.22. The molecular formula is C19H26N6O. The van der Waals surface area contributed by atoms with E-state index in [4.69, 9.17) is 4.74 Å². The van der Waals surface area contributed by atoms with E-state index in [0.717, 1.165) is 49.7 Å². The molecule has 4 rings (SSSR count). The van der Waals surface area contributed by atoms with Crippen molar-refractivity contribution in [3.05, 3.63) is 36.0 Å². The van der Waals surface area contributed by atoms with Gasteiger partial charge in [0.1, 0.15) is 12.1 Å². The van der Waals surface area contributed by atoms with Gasteiger partial charge < -0.3 is 9.64 Å². The lowest BCUT2D eigenvalue weighted by atomic mass is 10.0. The Balaban J connectivity index is 1.39. The molecule has 1 saturated heterocycles. The van der Waals surface area contributed by atoms with Crippen LogP contribution in [0.2, 0.25) is 0 Å². The molecule has 0 radical (unpaired) electrons. The molecule has 1 aliphatic carbocycles. The summed E-state index contributed by atoms with van der Waals surface area (Å²) < 4.78 is 5.12. The summed E-state index contributed by atoms with van der Waals surface area (Å²) in [6.07, 6.45) is 8.33. The Hall–Kier alpha value is -2.28. The Morgan fingerprint density at radius 3 is 2.58 bits per heavy atom. The number of aryl methyl sites for hydroxylation is 1. The molecule has 0 N–H and O–H groups in total. The van der Waals surface area contributed by atoms with Crippen molar-refractivity contribution < 1.29 is 4.74 Å². The summed E-state index contributed by atoms with van der Waals surface area (Å²) in [5.74, 6) is 1.10. The van der Waals surface area contributed by atoms with Crippen LogP contribution in [-0.2, 0) is 6.54 Å². The number of piperidine rings is 1. The highest BCUT2D eigenvalue weighted by Gasteiger charge is 2.36. The van der Waals surface area contributed by atoms with Crippen LogP contribution in [-0.4, -0.2) is 57.1 Å². The van der Waals surface area contributed by atoms with Gasteiger partial charge in [-0.15, -0.1) is 0 Å². The van der Waals surface area contributed by atoms with Gasteiger partial charge in [-0.05, 0) is 38.7 Å². The molecule has 26 heavy (non-hydrogen) atoms. The van der Waals surface area contributed by atoms with Crippen molar-refractivity contribution in [3.8, 4) is 6.01 Å². The van der Waals surface area contributed by atoms with Gasteiger partial charge in [-0.3, -0.25) is 4.90 Å². The summed E-state index contributed by atoms with van der Waals surface area (Å²) in [6.45, 7) is 5.03. The summed E-state index contributed by atoms with van der Waals surface area (Å²) in [5.41, 5.74) is 2.05. The molecule has 138 valence electrons. The minimum absolute atomic E-state index is 0.441. The van der Waals surface area contributed by atoms with Crippen LogP contribution in [0.3, 0.4) is 0 Å². The van der Waals surface area contributed by atoms with Crippen molar-refractivity contribution in [1.82, 2.24) is 24.8 Å². The van der Waals surface area contributed by atoms with E-state index >= 15 is 0 Å². The molecule has 1 saturated carbocycles. The molecule has 0 amide bonds. The molecule has 7 nitrogen and oxygen atoms in total. The zero-order chi connectivity index (χ0) is 17.9. The first-order chi connectivity index (χ1) is 12.7. The van der Waals surface area contributed by atoms with Crippen LogP contribution in [0.4, 0.5) is 5.82 Å². The quantitative estimate of drug-likeness (QED) is 0.788. The molecule has 2 aliphatic rings. The van der Waals surface area contributed by atoms with Crippen LogP contribution in [0.5, 0.6) is 6.01 Å². The van der Waals surface area contributed by atoms with Gasteiger partial charge in [-0.2, -0.15) is 4.98 Å². The third kappa shape index (κ3) is 3.93. The van der Waals surface area contributed by atoms with E-state index in [-0.39, 0.29) is 0 Å². The van der Waals surface area contributed by atoms with Crippen molar-refractivity contribution in [2.75, 3.05) is 25.1 Å². The number of anilines is 1. The van der Waals surface area contributed by atoms with E-state index in [0.29, 0.717) is 18.1 Å². The average Bonchev–Trinajstić information content (AvgIpc) is 3.49. The Morgan fingerprint density at radius 2 is 1.88 bits per heavy atom. The average molecular weight is 354 g/mol. The molecule has 2 fully saturated rings. The SMILES string of the molecule is COc1nccc(CN2CCC(N(c3cc(C)ncn3)C3CC3)CC2)n1. The highest BCUT2D eigenvalue weighted by atomic mass is 16.5. The van der Waals surface area contributed by atoms with Crippen molar-refractivity contribution in [3.63, 3.8) is 0 Å². The first kappa shape index (κ1) is 17.1. The number of aromatic nitrogens is 4. The second-order valence-electron chi connectivity index (χ2n) is 7.20. The Bertz CT molecular complexity index is 742. The van der Waals surface area contributed by atoms with Gasteiger partial charge >= 0.3 is 6.01 Å². The van der Waals surface area contributed by atoms with Crippen molar-refractivity contribution in [1.29, 1.82) is 0 Å². The molecule has 1 aliphatic heterocycles. The van der Waals surface area contributed by atoms with Crippen LogP contribution in [0.15, 0.2) is 24.7 Å². The lowest BCUT2D eigenvalue weighted by Gasteiger charge is -2.39. The maximum absolute atomic E-state index is 5.12. The molecule has 0 aromatic carbocycles. The smallest absolute Gasteiger partial charge is 0.316 e. The zero-order valence-electron chi connectivity index (χ0n) is 15.5. The predicted molar refractivity (Wildman–Crippen MR) is 99.2 cm³/mol. The number of hydrogen-bond donors (Lipinski definition) is 0. The second-order valence-corrected chi connectivity index (χ2v) is 7.20. The molecule has 2 aromatic heterocycles. The number of hydrogen-bond acceptors (Lipinski definition) is 7. The Morgan fingerprint density at radius 1 is 1.12 bits per heavy atom. The van der Waals surface area contributed by atoms with Crippen molar-refractivity contribution in [2.45, 2.75) is 51.2 Å². The number of rotatable bonds is 6. The summed E-state index contributed by atoms with van der Waals surface area (Å²) >= 11 is 0. The third-order valence-corrected chi connectivity index (χ3v) is 5.20. The summed E-state index contributed by atoms with van der Waals surface area (Å²) in [6, 6.07) is 5.75. The van der Waals surface area contributed by atoms with Gasteiger partial charge in [0, 0.05) is 49.7 Å². The molecule has 2 aromatic rings. The van der Waals surface area contributed by atoms with Gasteiger partial charge in [-0.1, -0.05) is 0 Å². The highest BCUT2D eigenvalue weighted by molar-refractivity contribution is 5.43. The lowest BCUT2D eigenvalue weighted by Crippen LogP contribution is -2.46. The molecular weight excluding hydrogens is 328 g/mol. The van der Waals surface area contributed by atoms with E-state index in [9.17, 15) is 0 Å². The van der Waals surface area contributed by atoms with E-state index < -0.39 is 0 Å². The van der Waals surface area contributed by atoms with Gasteiger partial charge in [0.05, 0.1) is 12.8 Å². The lowest BCUT2D eigenvalue weighted by molar-refractivity contribution is 0.197. The van der Waals surface area contributed by atoms with Gasteiger partial charge in [-0.25, -0.2) is 15.0 Å². The normalized spacial score (nSPS) is 18.7. The number of likely N-dealkylation sites (tertiary alicyclic amines) is 1. The van der Waals surface area contributed by atoms with Crippen LogP contribution in [0.1, 0.15) is 37.1 Å². The van der Waals surface area contributed by atoms with Gasteiger partial charge in [0.2, 0.25) is 0 Å². The molecule has 0 atom stereocenters. The number of methoxy groups -OCH3 is 1. The van der Waals surface area contributed by atoms with Crippen LogP contribution >= 0.6 is 0 Å². The van der Waals surface area contributed by atoms with Crippen molar-refractivity contribution in [2.24, 2.45) is 0 Å². The fourth-order valence-electron chi connectivity index (χ4n) is 3.75. The summed E-state index contributed by atoms with van der Waals surface area (Å²) in [5, 5.41) is 0. The largest absolute Gasteiger partial charge is 0.467 e. The Kier molecular flexibility index (Phi) is 4.97. The topological polar surface area (TPSA) is 67.3 Å². The highest BCUT2D eigenvalue weighted by Crippen LogP contribution is 2.35. The van der Waals surface area contributed by atoms with Crippen LogP contribution in [0, 0.1) is 6.92 Å². The van der Waals surface area contributed by atoms with Gasteiger partial charge in [0.25, 0.3) is 0 Å². The number of ether oxygens (including phenoxy) is 1. The van der Waals surface area contributed by atoms with Crippen LogP contribution < -0.4 is 9.64 Å². The monoisotopic (exact) mass is 354 g/mol. The second kappa shape index (κ2) is 7.53. The fraction of sp³-hybridized carbons (Fsp3) is 0.579. The summed E-state index contributed by atoms with van der Waals surface area (Å²) in [7, 11) is 1.60. The molecule has 0 spiro atoms. The van der Waals surface area contributed by atoms with Crippen LogP contribution in [0.25, 0.3) is 0 Å². The fourth-order valence-corrected chi connectivity index (χ4v) is 3.75. The van der Waals surface area contributed by atoms with E-state index in [1.807, 2.05) is 13.0 Å². The first-order valence-corrected chi connectivity index (χ1v) is 9.38. The first-order valence-electron chi connectivity index (χ1n) is 9.38. The molecule has 0 unspecified atom stereocenters. The minimum atomic E-state index is 0.441.